The van der Waals surface area contributed by atoms with Crippen molar-refractivity contribution in [2.45, 2.75) is 20.0 Å². The van der Waals surface area contributed by atoms with Crippen LogP contribution in [0, 0.1) is 6.92 Å². The highest BCUT2D eigenvalue weighted by molar-refractivity contribution is 6.42. The molecule has 31 heavy (non-hydrogen) atoms. The van der Waals surface area contributed by atoms with Gasteiger partial charge in [0.05, 0.1) is 21.2 Å². The van der Waals surface area contributed by atoms with E-state index in [1.54, 1.807) is 24.5 Å². The molecule has 2 aliphatic rings. The van der Waals surface area contributed by atoms with Crippen molar-refractivity contribution in [1.29, 1.82) is 0 Å². The van der Waals surface area contributed by atoms with Crippen LogP contribution in [0.3, 0.4) is 0 Å². The molecule has 0 unspecified atom stereocenters. The summed E-state index contributed by atoms with van der Waals surface area (Å²) in [6.45, 7) is 3.56. The number of hydrogen-bond acceptors (Lipinski definition) is 5. The molecule has 0 fully saturated rings. The summed E-state index contributed by atoms with van der Waals surface area (Å²) in [6.07, 6.45) is 5.11. The molecule has 0 radical (unpaired) electrons. The Kier molecular flexibility index (Phi) is 5.18. The molecule has 3 heterocycles. The third kappa shape index (κ3) is 3.81. The second kappa shape index (κ2) is 8.00. The van der Waals surface area contributed by atoms with E-state index in [0.717, 1.165) is 28.0 Å². The number of fused-ring (bicyclic) bond motifs is 3. The molecule has 0 amide bonds. The number of benzene rings is 2. The van der Waals surface area contributed by atoms with E-state index in [0.29, 0.717) is 46.9 Å². The second-order valence-electron chi connectivity index (χ2n) is 7.60. The number of halogens is 2. The van der Waals surface area contributed by atoms with Crippen LogP contribution in [0.4, 0.5) is 0 Å². The average molecular weight is 453 g/mol. The number of carbonyl (C=O) groups is 1. The van der Waals surface area contributed by atoms with Gasteiger partial charge in [0.1, 0.15) is 18.2 Å². The number of aryl methyl sites for hydroxylation is 1. The van der Waals surface area contributed by atoms with Crippen molar-refractivity contribution in [3.8, 4) is 11.5 Å². The maximum Gasteiger partial charge on any atom is 0.232 e. The number of ketones is 1. The van der Waals surface area contributed by atoms with Crippen molar-refractivity contribution < 1.29 is 14.3 Å². The van der Waals surface area contributed by atoms with Gasteiger partial charge >= 0.3 is 0 Å². The van der Waals surface area contributed by atoms with Crippen LogP contribution in [0.5, 0.6) is 11.5 Å². The van der Waals surface area contributed by atoms with Crippen molar-refractivity contribution >= 4 is 35.1 Å². The van der Waals surface area contributed by atoms with E-state index in [-0.39, 0.29) is 5.78 Å². The standard InChI is InChI=1S/C24H18Cl2N2O3/c1-14-8-20-17(12-28(13-30-20)11-16-2-3-18(25)19(26)9-16)24-22(14)23(29)21(31-24)10-15-4-6-27-7-5-15/h2-10H,11-13H2,1H3/b21-10-. The van der Waals surface area contributed by atoms with Gasteiger partial charge in [-0.05, 0) is 60.0 Å². The fraction of sp³-hybridized carbons (Fsp3) is 0.167. The number of aromatic nitrogens is 1. The van der Waals surface area contributed by atoms with Gasteiger partial charge in [-0.25, -0.2) is 0 Å². The second-order valence-corrected chi connectivity index (χ2v) is 8.42. The van der Waals surface area contributed by atoms with Crippen molar-refractivity contribution in [2.75, 3.05) is 6.73 Å². The zero-order valence-corrected chi connectivity index (χ0v) is 18.2. The summed E-state index contributed by atoms with van der Waals surface area (Å²) < 4.78 is 12.1. The minimum Gasteiger partial charge on any atom is -0.478 e. The van der Waals surface area contributed by atoms with Gasteiger partial charge in [-0.15, -0.1) is 0 Å². The lowest BCUT2D eigenvalue weighted by molar-refractivity contribution is 0.0872. The van der Waals surface area contributed by atoms with Crippen molar-refractivity contribution in [3.05, 3.63) is 92.4 Å². The Morgan fingerprint density at radius 1 is 1.13 bits per heavy atom. The Balaban J connectivity index is 1.45. The molecule has 0 saturated carbocycles. The van der Waals surface area contributed by atoms with Gasteiger partial charge in [0.2, 0.25) is 5.78 Å². The molecule has 156 valence electrons. The van der Waals surface area contributed by atoms with Crippen LogP contribution in [0.2, 0.25) is 10.0 Å². The molecule has 0 spiro atoms. The highest BCUT2D eigenvalue weighted by Gasteiger charge is 2.35. The van der Waals surface area contributed by atoms with Crippen molar-refractivity contribution in [1.82, 2.24) is 9.88 Å². The van der Waals surface area contributed by atoms with E-state index in [2.05, 4.69) is 9.88 Å². The first-order valence-corrected chi connectivity index (χ1v) is 10.5. The minimum absolute atomic E-state index is 0.117. The first-order valence-electron chi connectivity index (χ1n) is 9.79. The lowest BCUT2D eigenvalue weighted by Crippen LogP contribution is -2.31. The average Bonchev–Trinajstić information content (AvgIpc) is 3.09. The predicted octanol–water partition coefficient (Wildman–Crippen LogP) is 5.67. The number of ether oxygens (including phenoxy) is 2. The van der Waals surface area contributed by atoms with Crippen LogP contribution in [-0.2, 0) is 13.1 Å². The van der Waals surface area contributed by atoms with Gasteiger partial charge in [0.15, 0.2) is 5.76 Å². The lowest BCUT2D eigenvalue weighted by Gasteiger charge is -2.30. The van der Waals surface area contributed by atoms with Crippen LogP contribution in [0.25, 0.3) is 6.08 Å². The Hall–Kier alpha value is -2.86. The summed E-state index contributed by atoms with van der Waals surface area (Å²) in [5, 5.41) is 1.05. The topological polar surface area (TPSA) is 51.7 Å². The maximum atomic E-state index is 13.1. The number of pyridine rings is 1. The normalized spacial score (nSPS) is 16.6. The molecule has 2 aliphatic heterocycles. The highest BCUT2D eigenvalue weighted by atomic mass is 35.5. The first kappa shape index (κ1) is 20.1. The van der Waals surface area contributed by atoms with Gasteiger partial charge in [-0.2, -0.15) is 0 Å². The van der Waals surface area contributed by atoms with Crippen molar-refractivity contribution in [3.63, 3.8) is 0 Å². The fourth-order valence-corrected chi connectivity index (χ4v) is 4.21. The predicted molar refractivity (Wildman–Crippen MR) is 120 cm³/mol. The summed E-state index contributed by atoms with van der Waals surface area (Å²) in [6, 6.07) is 11.2. The van der Waals surface area contributed by atoms with E-state index in [1.807, 2.05) is 37.3 Å². The zero-order chi connectivity index (χ0) is 21.5. The Morgan fingerprint density at radius 3 is 2.71 bits per heavy atom. The number of allylic oxidation sites excluding steroid dienone is 1. The SMILES string of the molecule is Cc1cc2c(c3c1C(=O)/C(=C/c1ccncc1)O3)CN(Cc1ccc(Cl)c(Cl)c1)CO2. The van der Waals surface area contributed by atoms with Crippen LogP contribution < -0.4 is 9.47 Å². The van der Waals surface area contributed by atoms with E-state index >= 15 is 0 Å². The van der Waals surface area contributed by atoms with Gasteiger partial charge in [-0.3, -0.25) is 14.7 Å². The molecular formula is C24H18Cl2N2O3. The maximum absolute atomic E-state index is 13.1. The molecule has 0 N–H and O–H groups in total. The number of rotatable bonds is 3. The number of Topliss-reactive ketones (excluding diaryl/α,β-unsaturated/α-hetero) is 1. The molecule has 5 rings (SSSR count). The van der Waals surface area contributed by atoms with Crippen LogP contribution in [0.15, 0.2) is 54.6 Å². The number of nitrogens with zero attached hydrogens (tertiary/aromatic N) is 2. The summed E-state index contributed by atoms with van der Waals surface area (Å²) >= 11 is 12.2. The Morgan fingerprint density at radius 2 is 1.94 bits per heavy atom. The summed E-state index contributed by atoms with van der Waals surface area (Å²) in [5.74, 6) is 1.52. The van der Waals surface area contributed by atoms with E-state index < -0.39 is 0 Å². The van der Waals surface area contributed by atoms with Crippen molar-refractivity contribution in [2.24, 2.45) is 0 Å². The third-order valence-corrected chi connectivity index (χ3v) is 6.12. The molecule has 7 heteroatoms. The molecule has 3 aromatic rings. The highest BCUT2D eigenvalue weighted by Crippen LogP contribution is 2.44. The molecular weight excluding hydrogens is 435 g/mol. The molecule has 2 aromatic carbocycles. The van der Waals surface area contributed by atoms with Gasteiger partial charge < -0.3 is 9.47 Å². The number of carbonyl (C=O) groups excluding carboxylic acids is 1. The zero-order valence-electron chi connectivity index (χ0n) is 16.7. The fourth-order valence-electron chi connectivity index (χ4n) is 3.88. The minimum atomic E-state index is -0.117. The van der Waals surface area contributed by atoms with E-state index in [4.69, 9.17) is 32.7 Å². The van der Waals surface area contributed by atoms with Crippen LogP contribution in [-0.4, -0.2) is 22.4 Å². The molecule has 0 aliphatic carbocycles. The lowest BCUT2D eigenvalue weighted by atomic mass is 9.98. The van der Waals surface area contributed by atoms with Gasteiger partial charge in [0, 0.05) is 25.5 Å². The largest absolute Gasteiger partial charge is 0.478 e. The number of hydrogen-bond donors (Lipinski definition) is 0. The van der Waals surface area contributed by atoms with Crippen LogP contribution >= 0.6 is 23.2 Å². The molecule has 0 bridgehead atoms. The quantitative estimate of drug-likeness (QED) is 0.479. The summed E-state index contributed by atoms with van der Waals surface area (Å²) in [7, 11) is 0. The van der Waals surface area contributed by atoms with E-state index in [1.165, 1.54) is 0 Å². The Labute approximate surface area is 189 Å². The molecule has 5 nitrogen and oxygen atoms in total. The molecule has 0 atom stereocenters. The first-order chi connectivity index (χ1) is 15.0. The monoisotopic (exact) mass is 452 g/mol. The Bertz CT molecular complexity index is 1230. The van der Waals surface area contributed by atoms with Gasteiger partial charge in [-0.1, -0.05) is 29.3 Å². The summed E-state index contributed by atoms with van der Waals surface area (Å²) in [5.41, 5.74) is 4.20. The van der Waals surface area contributed by atoms with Crippen LogP contribution in [0.1, 0.15) is 32.6 Å². The molecule has 1 aromatic heterocycles. The smallest absolute Gasteiger partial charge is 0.232 e. The van der Waals surface area contributed by atoms with Gasteiger partial charge in [0.25, 0.3) is 0 Å². The molecule has 0 saturated heterocycles. The third-order valence-electron chi connectivity index (χ3n) is 5.38. The summed E-state index contributed by atoms with van der Waals surface area (Å²) in [4.78, 5) is 19.2. The van der Waals surface area contributed by atoms with E-state index in [9.17, 15) is 4.79 Å².